The van der Waals surface area contributed by atoms with Gasteiger partial charge in [0.05, 0.1) is 0 Å². The summed E-state index contributed by atoms with van der Waals surface area (Å²) in [6.07, 6.45) is 10.3. The Hall–Kier alpha value is -3.54. The molecule has 2 aromatic carbocycles. The van der Waals surface area contributed by atoms with Gasteiger partial charge in [-0.15, -0.1) is 0 Å². The molecular formula is C28H36N2O4. The Kier molecular flexibility index (Phi) is 12.7. The van der Waals surface area contributed by atoms with Gasteiger partial charge in [-0.2, -0.15) is 0 Å². The second-order valence-corrected chi connectivity index (χ2v) is 7.97. The molecular weight excluding hydrogens is 428 g/mol. The van der Waals surface area contributed by atoms with E-state index in [9.17, 15) is 9.59 Å². The molecule has 2 N–H and O–H groups in total. The van der Waals surface area contributed by atoms with Gasteiger partial charge in [-0.05, 0) is 61.4 Å². The molecule has 0 unspecified atom stereocenters. The number of nitrogens with one attached hydrogen (secondary N) is 2. The normalized spacial score (nSPS) is 10.2. The van der Waals surface area contributed by atoms with Crippen LogP contribution in [0.25, 0.3) is 0 Å². The first-order chi connectivity index (χ1) is 16.6. The SMILES string of the molecule is C=CCOc1ccc(NC(=O)CCCCCCCCC(=O)Nc2ccc(OCC=C)cc2)cc1. The first kappa shape index (κ1) is 26.7. The minimum atomic E-state index is 0.0248. The molecule has 6 heteroatoms. The van der Waals surface area contributed by atoms with Crippen molar-refractivity contribution in [2.24, 2.45) is 0 Å². The number of unbranched alkanes of at least 4 members (excludes halogenated alkanes) is 5. The number of ether oxygens (including phenoxy) is 2. The average molecular weight is 465 g/mol. The molecule has 0 atom stereocenters. The number of carbonyl (C=O) groups excluding carboxylic acids is 2. The van der Waals surface area contributed by atoms with Crippen LogP contribution in [0, 0.1) is 0 Å². The number of carbonyl (C=O) groups is 2. The molecule has 0 spiro atoms. The number of rotatable bonds is 17. The minimum Gasteiger partial charge on any atom is -0.490 e. The van der Waals surface area contributed by atoms with E-state index in [1.54, 1.807) is 12.2 Å². The summed E-state index contributed by atoms with van der Waals surface area (Å²) in [5.41, 5.74) is 1.54. The molecule has 0 aliphatic rings. The van der Waals surface area contributed by atoms with Crippen LogP contribution in [-0.4, -0.2) is 25.0 Å². The van der Waals surface area contributed by atoms with Gasteiger partial charge in [-0.3, -0.25) is 9.59 Å². The van der Waals surface area contributed by atoms with Crippen molar-refractivity contribution in [3.63, 3.8) is 0 Å². The van der Waals surface area contributed by atoms with Gasteiger partial charge in [0, 0.05) is 24.2 Å². The van der Waals surface area contributed by atoms with Crippen molar-refractivity contribution in [2.45, 2.75) is 51.4 Å². The van der Waals surface area contributed by atoms with Crippen molar-refractivity contribution in [1.82, 2.24) is 0 Å². The molecule has 0 saturated heterocycles. The highest BCUT2D eigenvalue weighted by Crippen LogP contribution is 2.18. The van der Waals surface area contributed by atoms with E-state index in [2.05, 4.69) is 23.8 Å². The Morgan fingerprint density at radius 1 is 0.618 bits per heavy atom. The summed E-state index contributed by atoms with van der Waals surface area (Å²) in [5, 5.41) is 5.82. The van der Waals surface area contributed by atoms with E-state index in [0.717, 1.165) is 61.4 Å². The van der Waals surface area contributed by atoms with Gasteiger partial charge in [0.15, 0.2) is 0 Å². The van der Waals surface area contributed by atoms with E-state index in [1.165, 1.54) is 0 Å². The molecule has 0 bridgehead atoms. The second kappa shape index (κ2) is 16.1. The zero-order valence-electron chi connectivity index (χ0n) is 19.9. The first-order valence-electron chi connectivity index (χ1n) is 11.9. The number of anilines is 2. The fourth-order valence-electron chi connectivity index (χ4n) is 3.30. The summed E-state index contributed by atoms with van der Waals surface area (Å²) in [5.74, 6) is 1.55. The van der Waals surface area contributed by atoms with E-state index in [1.807, 2.05) is 48.5 Å². The van der Waals surface area contributed by atoms with E-state index in [0.29, 0.717) is 26.1 Å². The van der Waals surface area contributed by atoms with Crippen LogP contribution in [0.5, 0.6) is 11.5 Å². The maximum absolute atomic E-state index is 12.1. The molecule has 34 heavy (non-hydrogen) atoms. The van der Waals surface area contributed by atoms with E-state index in [-0.39, 0.29) is 11.8 Å². The summed E-state index contributed by atoms with van der Waals surface area (Å²) >= 11 is 0. The van der Waals surface area contributed by atoms with Gasteiger partial charge in [0.2, 0.25) is 11.8 Å². The van der Waals surface area contributed by atoms with E-state index >= 15 is 0 Å². The Labute approximate surface area is 203 Å². The van der Waals surface area contributed by atoms with Crippen molar-refractivity contribution in [3.05, 3.63) is 73.8 Å². The smallest absolute Gasteiger partial charge is 0.224 e. The fraction of sp³-hybridized carbons (Fsp3) is 0.357. The summed E-state index contributed by atoms with van der Waals surface area (Å²) in [6, 6.07) is 14.7. The number of benzene rings is 2. The van der Waals surface area contributed by atoms with E-state index < -0.39 is 0 Å². The Bertz CT molecular complexity index is 816. The molecule has 0 aliphatic carbocycles. The van der Waals surface area contributed by atoms with Crippen molar-refractivity contribution < 1.29 is 19.1 Å². The standard InChI is InChI=1S/C28H36N2O4/c1-3-21-33-25-17-13-23(14-18-25)29-27(31)11-9-7-5-6-8-10-12-28(32)30-24-15-19-26(20-16-24)34-22-4-2/h3-4,13-20H,1-2,5-12,21-22H2,(H,29,31)(H,30,32). The second-order valence-electron chi connectivity index (χ2n) is 7.97. The van der Waals surface area contributed by atoms with Crippen LogP contribution < -0.4 is 20.1 Å². The highest BCUT2D eigenvalue weighted by molar-refractivity contribution is 5.91. The predicted molar refractivity (Wildman–Crippen MR) is 138 cm³/mol. The van der Waals surface area contributed by atoms with Gasteiger partial charge in [0.25, 0.3) is 0 Å². The van der Waals surface area contributed by atoms with Gasteiger partial charge in [-0.1, -0.05) is 51.0 Å². The Morgan fingerprint density at radius 2 is 0.971 bits per heavy atom. The lowest BCUT2D eigenvalue weighted by Gasteiger charge is -2.08. The monoisotopic (exact) mass is 464 g/mol. The third-order valence-electron chi connectivity index (χ3n) is 5.07. The predicted octanol–water partition coefficient (Wildman–Crippen LogP) is 6.51. The van der Waals surface area contributed by atoms with Crippen LogP contribution >= 0.6 is 0 Å². The zero-order chi connectivity index (χ0) is 24.4. The molecule has 0 saturated carbocycles. The topological polar surface area (TPSA) is 76.7 Å². The van der Waals surface area contributed by atoms with Gasteiger partial charge in [-0.25, -0.2) is 0 Å². The summed E-state index contributed by atoms with van der Waals surface area (Å²) in [7, 11) is 0. The quantitative estimate of drug-likeness (QED) is 0.207. The maximum Gasteiger partial charge on any atom is 0.224 e. The lowest BCUT2D eigenvalue weighted by Crippen LogP contribution is -2.11. The molecule has 0 aromatic heterocycles. The number of hydrogen-bond acceptors (Lipinski definition) is 4. The fourth-order valence-corrected chi connectivity index (χ4v) is 3.30. The molecule has 2 aromatic rings. The maximum atomic E-state index is 12.1. The summed E-state index contributed by atoms with van der Waals surface area (Å²) in [4.78, 5) is 24.2. The largest absolute Gasteiger partial charge is 0.490 e. The number of amides is 2. The minimum absolute atomic E-state index is 0.0248. The van der Waals surface area contributed by atoms with Crippen LogP contribution in [0.2, 0.25) is 0 Å². The molecule has 0 heterocycles. The van der Waals surface area contributed by atoms with Gasteiger partial charge < -0.3 is 20.1 Å². The van der Waals surface area contributed by atoms with Crippen LogP contribution in [0.1, 0.15) is 51.4 Å². The zero-order valence-corrected chi connectivity index (χ0v) is 19.9. The molecule has 2 amide bonds. The lowest BCUT2D eigenvalue weighted by atomic mass is 10.1. The average Bonchev–Trinajstić information content (AvgIpc) is 2.84. The first-order valence-corrected chi connectivity index (χ1v) is 11.9. The Balaban J connectivity index is 1.48. The third-order valence-corrected chi connectivity index (χ3v) is 5.07. The van der Waals surface area contributed by atoms with Gasteiger partial charge >= 0.3 is 0 Å². The molecule has 0 radical (unpaired) electrons. The molecule has 0 fully saturated rings. The van der Waals surface area contributed by atoms with Crippen LogP contribution in [-0.2, 0) is 9.59 Å². The van der Waals surface area contributed by atoms with Crippen molar-refractivity contribution in [1.29, 1.82) is 0 Å². The molecule has 2 rings (SSSR count). The van der Waals surface area contributed by atoms with Crippen molar-refractivity contribution in [2.75, 3.05) is 23.8 Å². The van der Waals surface area contributed by atoms with Crippen LogP contribution in [0.15, 0.2) is 73.8 Å². The highest BCUT2D eigenvalue weighted by atomic mass is 16.5. The Morgan fingerprint density at radius 3 is 1.32 bits per heavy atom. The molecule has 6 nitrogen and oxygen atoms in total. The molecule has 0 aliphatic heterocycles. The number of hydrogen-bond donors (Lipinski definition) is 2. The van der Waals surface area contributed by atoms with Crippen molar-refractivity contribution in [3.8, 4) is 11.5 Å². The van der Waals surface area contributed by atoms with Crippen LogP contribution in [0.4, 0.5) is 11.4 Å². The highest BCUT2D eigenvalue weighted by Gasteiger charge is 2.05. The summed E-state index contributed by atoms with van der Waals surface area (Å²) < 4.78 is 10.9. The molecule has 182 valence electrons. The van der Waals surface area contributed by atoms with Crippen molar-refractivity contribution >= 4 is 23.2 Å². The third kappa shape index (κ3) is 11.4. The van der Waals surface area contributed by atoms with Gasteiger partial charge in [0.1, 0.15) is 24.7 Å². The van der Waals surface area contributed by atoms with E-state index in [4.69, 9.17) is 9.47 Å². The van der Waals surface area contributed by atoms with Crippen LogP contribution in [0.3, 0.4) is 0 Å². The summed E-state index contributed by atoms with van der Waals surface area (Å²) in [6.45, 7) is 8.15. The lowest BCUT2D eigenvalue weighted by molar-refractivity contribution is -0.117.